The summed E-state index contributed by atoms with van der Waals surface area (Å²) in [6, 6.07) is 52.4. The zero-order chi connectivity index (χ0) is 34.1. The molecule has 0 N–H and O–H groups in total. The molecule has 4 aliphatic carbocycles. The van der Waals surface area contributed by atoms with E-state index in [9.17, 15) is 5.26 Å². The third-order valence-electron chi connectivity index (χ3n) is 11.4. The van der Waals surface area contributed by atoms with E-state index in [1.807, 2.05) is 6.07 Å². The van der Waals surface area contributed by atoms with Crippen molar-refractivity contribution in [3.8, 4) is 28.3 Å². The molecule has 0 bridgehead atoms. The van der Waals surface area contributed by atoms with Crippen molar-refractivity contribution in [2.24, 2.45) is 0 Å². The molecule has 0 aliphatic heterocycles. The van der Waals surface area contributed by atoms with Crippen LogP contribution in [-0.4, -0.2) is 0 Å². The maximum atomic E-state index is 10.5. The van der Waals surface area contributed by atoms with E-state index in [0.29, 0.717) is 17.7 Å². The van der Waals surface area contributed by atoms with Gasteiger partial charge < -0.3 is 0 Å². The van der Waals surface area contributed by atoms with Crippen molar-refractivity contribution < 1.29 is 0 Å². The molecule has 0 fully saturated rings. The summed E-state index contributed by atoms with van der Waals surface area (Å²) in [5.74, 6) is -0.148. The Morgan fingerprint density at radius 1 is 0.667 bits per heavy atom. The van der Waals surface area contributed by atoms with Crippen molar-refractivity contribution in [1.29, 1.82) is 5.26 Å². The van der Waals surface area contributed by atoms with Crippen LogP contribution in [0, 0.1) is 17.9 Å². The molecule has 1 unspecified atom stereocenters. The second kappa shape index (κ2) is 11.1. The number of hydrogen-bond acceptors (Lipinski definition) is 1. The molecule has 0 saturated carbocycles. The summed E-state index contributed by atoms with van der Waals surface area (Å²) >= 11 is 0. The minimum absolute atomic E-state index is 0.148. The van der Waals surface area contributed by atoms with Gasteiger partial charge in [-0.15, -0.1) is 0 Å². The van der Waals surface area contributed by atoms with Gasteiger partial charge in [0, 0.05) is 5.92 Å². The Bertz CT molecular complexity index is 2610. The molecule has 6 aromatic carbocycles. The van der Waals surface area contributed by atoms with Gasteiger partial charge >= 0.3 is 0 Å². The van der Waals surface area contributed by atoms with Crippen molar-refractivity contribution in [3.05, 3.63) is 230 Å². The molecule has 2 heteroatoms. The fourth-order valence-electron chi connectivity index (χ4n) is 9.38. The number of nitrogens with zero attached hydrogens (tertiary/aromatic N) is 2. The summed E-state index contributed by atoms with van der Waals surface area (Å²) in [6.07, 6.45) is 9.44. The van der Waals surface area contributed by atoms with Crippen LogP contribution < -0.4 is 0 Å². The van der Waals surface area contributed by atoms with Gasteiger partial charge in [-0.1, -0.05) is 158 Å². The Hall–Kier alpha value is -6.74. The van der Waals surface area contributed by atoms with E-state index in [4.69, 9.17) is 6.57 Å². The molecule has 1 atom stereocenters. The molecule has 0 aromatic heterocycles. The van der Waals surface area contributed by atoms with Crippen LogP contribution in [-0.2, 0) is 11.8 Å². The van der Waals surface area contributed by atoms with Crippen LogP contribution in [0.2, 0.25) is 0 Å². The molecule has 10 rings (SSSR count). The normalized spacial score (nSPS) is 16.9. The van der Waals surface area contributed by atoms with E-state index >= 15 is 0 Å². The highest BCUT2D eigenvalue weighted by molar-refractivity contribution is 5.96. The van der Waals surface area contributed by atoms with Gasteiger partial charge in [-0.2, -0.15) is 5.26 Å². The van der Waals surface area contributed by atoms with E-state index in [1.165, 1.54) is 39.0 Å². The Morgan fingerprint density at radius 2 is 1.25 bits per heavy atom. The lowest BCUT2D eigenvalue weighted by Crippen LogP contribution is -2.34. The SMILES string of the molecule is [C-]#[N+]c1cc(C2(c3ccccc3)c3ccccc3-c3ccccc3-c3ccccc32)c2c3c1CC=C1C(c4ccccc4)=CC(C#N)=C(C=C2)C13. The monoisotopic (exact) mass is 646 g/mol. The standard InChI is InChI=1S/C49H30N2/c1-51-46-29-45(40-26-24-34-32(30-50)28-42(31-14-4-2-5-15-31)39-25-27-41(46)48(40)47(34)39)49(33-16-6-3-7-17-33)43-22-12-10-20-37(43)35-18-8-9-19-36(35)38-21-11-13-23-44(38)49/h2-26,28-29,47H,27H2. The van der Waals surface area contributed by atoms with Crippen LogP contribution in [0.4, 0.5) is 5.69 Å². The molecular formula is C49H30N2. The highest BCUT2D eigenvalue weighted by Crippen LogP contribution is 2.60. The number of rotatable bonds is 3. The summed E-state index contributed by atoms with van der Waals surface area (Å²) in [6.45, 7) is 8.63. The van der Waals surface area contributed by atoms with Gasteiger partial charge in [0.25, 0.3) is 0 Å². The van der Waals surface area contributed by atoms with Crippen molar-refractivity contribution in [1.82, 2.24) is 0 Å². The van der Waals surface area contributed by atoms with Crippen molar-refractivity contribution in [2.45, 2.75) is 17.8 Å². The molecule has 0 spiro atoms. The number of hydrogen-bond donors (Lipinski definition) is 0. The molecule has 4 aliphatic rings. The zero-order valence-corrected chi connectivity index (χ0v) is 27.8. The van der Waals surface area contributed by atoms with Gasteiger partial charge in [-0.05, 0) is 96.0 Å². The summed E-state index contributed by atoms with van der Waals surface area (Å²) < 4.78 is 0. The summed E-state index contributed by atoms with van der Waals surface area (Å²) in [4.78, 5) is 4.28. The van der Waals surface area contributed by atoms with Crippen molar-refractivity contribution in [2.75, 3.05) is 0 Å². The molecular weight excluding hydrogens is 617 g/mol. The quantitative estimate of drug-likeness (QED) is 0.176. The number of benzene rings is 6. The molecule has 0 heterocycles. The fraction of sp³-hybridized carbons (Fsp3) is 0.0612. The smallest absolute Gasteiger partial charge is 0.191 e. The van der Waals surface area contributed by atoms with E-state index in [-0.39, 0.29) is 5.92 Å². The van der Waals surface area contributed by atoms with Gasteiger partial charge in [-0.25, -0.2) is 4.85 Å². The van der Waals surface area contributed by atoms with Gasteiger partial charge in [0.15, 0.2) is 5.69 Å². The number of allylic oxidation sites excluding steroid dienone is 7. The van der Waals surface area contributed by atoms with Crippen molar-refractivity contribution >= 4 is 17.3 Å². The third-order valence-corrected chi connectivity index (χ3v) is 11.4. The van der Waals surface area contributed by atoms with E-state index in [1.54, 1.807) is 0 Å². The predicted molar refractivity (Wildman–Crippen MR) is 206 cm³/mol. The first-order chi connectivity index (χ1) is 25.2. The highest BCUT2D eigenvalue weighted by Gasteiger charge is 2.47. The first-order valence-corrected chi connectivity index (χ1v) is 17.5. The van der Waals surface area contributed by atoms with Crippen LogP contribution in [0.3, 0.4) is 0 Å². The molecule has 51 heavy (non-hydrogen) atoms. The minimum atomic E-state index is -0.769. The van der Waals surface area contributed by atoms with Crippen molar-refractivity contribution in [3.63, 3.8) is 0 Å². The second-order valence-electron chi connectivity index (χ2n) is 13.6. The number of fused-ring (bicyclic) bond motifs is 5. The maximum Gasteiger partial charge on any atom is 0.191 e. The fourth-order valence-corrected chi connectivity index (χ4v) is 9.38. The average molecular weight is 647 g/mol. The van der Waals surface area contributed by atoms with Crippen LogP contribution in [0.15, 0.2) is 174 Å². The topological polar surface area (TPSA) is 28.1 Å². The summed E-state index contributed by atoms with van der Waals surface area (Å²) in [7, 11) is 0. The lowest BCUT2D eigenvalue weighted by molar-refractivity contribution is 0.742. The Balaban J connectivity index is 1.37. The van der Waals surface area contributed by atoms with Crippen LogP contribution in [0.5, 0.6) is 0 Å². The largest absolute Gasteiger partial charge is 0.238 e. The van der Waals surface area contributed by atoms with Gasteiger partial charge in [0.05, 0.1) is 23.6 Å². The Morgan fingerprint density at radius 3 is 1.88 bits per heavy atom. The molecule has 6 aromatic rings. The van der Waals surface area contributed by atoms with Gasteiger partial charge in [0.1, 0.15) is 0 Å². The summed E-state index contributed by atoms with van der Waals surface area (Å²) in [5, 5.41) is 10.5. The van der Waals surface area contributed by atoms with Crippen LogP contribution in [0.25, 0.3) is 38.7 Å². The first kappa shape index (κ1) is 29.2. The number of nitriles is 1. The summed E-state index contributed by atoms with van der Waals surface area (Å²) in [5.41, 5.74) is 17.7. The van der Waals surface area contributed by atoms with Gasteiger partial charge in [0.2, 0.25) is 0 Å². The highest BCUT2D eigenvalue weighted by atomic mass is 14.7. The van der Waals surface area contributed by atoms with E-state index in [0.717, 1.165) is 44.5 Å². The zero-order valence-electron chi connectivity index (χ0n) is 27.8. The molecule has 236 valence electrons. The maximum absolute atomic E-state index is 10.5. The lowest BCUT2D eigenvalue weighted by atomic mass is 9.59. The predicted octanol–water partition coefficient (Wildman–Crippen LogP) is 11.8. The molecule has 0 radical (unpaired) electrons. The molecule has 2 nitrogen and oxygen atoms in total. The van der Waals surface area contributed by atoms with Gasteiger partial charge in [-0.3, -0.25) is 0 Å². The Labute approximate surface area is 298 Å². The van der Waals surface area contributed by atoms with Crippen LogP contribution >= 0.6 is 0 Å². The lowest BCUT2D eigenvalue weighted by Gasteiger charge is -2.43. The van der Waals surface area contributed by atoms with E-state index in [2.05, 4.69) is 169 Å². The van der Waals surface area contributed by atoms with Crippen LogP contribution in [0.1, 0.15) is 50.4 Å². The third kappa shape index (κ3) is 3.97. The first-order valence-electron chi connectivity index (χ1n) is 17.5. The van der Waals surface area contributed by atoms with E-state index < -0.39 is 5.41 Å². The average Bonchev–Trinajstić information content (AvgIpc) is 3.31. The molecule has 0 amide bonds. The Kier molecular flexibility index (Phi) is 6.38. The second-order valence-corrected chi connectivity index (χ2v) is 13.6. The minimum Gasteiger partial charge on any atom is -0.238 e. The molecule has 0 saturated heterocycles.